The largest absolute Gasteiger partial charge is 0.327 e. The Bertz CT molecular complexity index is 172. The first-order valence-corrected chi connectivity index (χ1v) is 4.49. The SMILES string of the molecule is N=S1(=O)CCC(N)C1. The third kappa shape index (κ3) is 1.20. The second kappa shape index (κ2) is 1.70. The quantitative estimate of drug-likeness (QED) is 0.480. The van der Waals surface area contributed by atoms with Gasteiger partial charge < -0.3 is 5.73 Å². The Kier molecular flexibility index (Phi) is 1.28. The van der Waals surface area contributed by atoms with E-state index >= 15 is 0 Å². The molecule has 1 aliphatic rings. The molecule has 0 bridgehead atoms. The van der Waals surface area contributed by atoms with Gasteiger partial charge in [-0.25, -0.2) is 4.21 Å². The van der Waals surface area contributed by atoms with Gasteiger partial charge in [0.1, 0.15) is 0 Å². The topological polar surface area (TPSA) is 66.9 Å². The zero-order valence-electron chi connectivity index (χ0n) is 4.59. The van der Waals surface area contributed by atoms with Crippen LogP contribution in [0.4, 0.5) is 0 Å². The lowest BCUT2D eigenvalue weighted by molar-refractivity contribution is 0.678. The van der Waals surface area contributed by atoms with Crippen molar-refractivity contribution in [3.63, 3.8) is 0 Å². The highest BCUT2D eigenvalue weighted by molar-refractivity contribution is 7.92. The number of rotatable bonds is 0. The summed E-state index contributed by atoms with van der Waals surface area (Å²) in [6.07, 6.45) is 0.766. The minimum absolute atomic E-state index is 0.0278. The molecule has 1 fully saturated rings. The average Bonchev–Trinajstić information content (AvgIpc) is 1.82. The van der Waals surface area contributed by atoms with Gasteiger partial charge in [0.15, 0.2) is 0 Å². The average molecular weight is 134 g/mol. The molecule has 0 aromatic heterocycles. The Labute approximate surface area is 49.2 Å². The highest BCUT2D eigenvalue weighted by Gasteiger charge is 2.20. The van der Waals surface area contributed by atoms with E-state index in [1.54, 1.807) is 0 Å². The maximum atomic E-state index is 10.8. The van der Waals surface area contributed by atoms with E-state index in [4.69, 9.17) is 10.5 Å². The van der Waals surface area contributed by atoms with E-state index in [1.807, 2.05) is 0 Å². The summed E-state index contributed by atoms with van der Waals surface area (Å²) in [5.74, 6) is 0.918. The predicted octanol–water partition coefficient (Wildman–Crippen LogP) is -0.236. The van der Waals surface area contributed by atoms with E-state index in [2.05, 4.69) is 0 Å². The van der Waals surface area contributed by atoms with Crippen molar-refractivity contribution in [2.24, 2.45) is 5.73 Å². The van der Waals surface area contributed by atoms with Crippen LogP contribution < -0.4 is 5.73 Å². The summed E-state index contributed by atoms with van der Waals surface area (Å²) >= 11 is 0. The number of hydrogen-bond donors (Lipinski definition) is 2. The number of hydrogen-bond acceptors (Lipinski definition) is 3. The summed E-state index contributed by atoms with van der Waals surface area (Å²) in [7, 11) is -2.22. The van der Waals surface area contributed by atoms with Crippen molar-refractivity contribution in [2.45, 2.75) is 12.5 Å². The Morgan fingerprint density at radius 1 is 1.75 bits per heavy atom. The van der Waals surface area contributed by atoms with Gasteiger partial charge >= 0.3 is 0 Å². The molecule has 1 saturated heterocycles. The van der Waals surface area contributed by atoms with E-state index in [0.29, 0.717) is 11.5 Å². The van der Waals surface area contributed by atoms with Gasteiger partial charge in [-0.2, -0.15) is 0 Å². The van der Waals surface area contributed by atoms with Crippen LogP contribution in [0.15, 0.2) is 0 Å². The third-order valence-electron chi connectivity index (χ3n) is 1.30. The van der Waals surface area contributed by atoms with Crippen molar-refractivity contribution in [1.29, 1.82) is 4.78 Å². The number of nitrogens with two attached hydrogens (primary N) is 1. The lowest BCUT2D eigenvalue weighted by Gasteiger charge is -1.93. The first-order chi connectivity index (χ1) is 3.60. The summed E-state index contributed by atoms with van der Waals surface area (Å²) in [5, 5.41) is 0. The fourth-order valence-corrected chi connectivity index (χ4v) is 2.56. The van der Waals surface area contributed by atoms with Gasteiger partial charge in [-0.3, -0.25) is 4.78 Å². The molecule has 0 aliphatic carbocycles. The van der Waals surface area contributed by atoms with Crippen LogP contribution in [0, 0.1) is 4.78 Å². The minimum Gasteiger partial charge on any atom is -0.327 e. The molecule has 8 heavy (non-hydrogen) atoms. The smallest absolute Gasteiger partial charge is 0.0467 e. The standard InChI is InChI=1S/C4H10N2OS/c5-4-1-2-8(6,7)3-4/h4,6H,1-3,5H2. The Morgan fingerprint density at radius 2 is 2.38 bits per heavy atom. The molecule has 2 unspecified atom stereocenters. The zero-order valence-corrected chi connectivity index (χ0v) is 5.41. The Morgan fingerprint density at radius 3 is 2.50 bits per heavy atom. The maximum Gasteiger partial charge on any atom is 0.0467 e. The Balaban J connectivity index is 2.71. The van der Waals surface area contributed by atoms with Gasteiger partial charge in [0, 0.05) is 27.3 Å². The van der Waals surface area contributed by atoms with Gasteiger partial charge in [0.25, 0.3) is 0 Å². The highest BCUT2D eigenvalue weighted by Crippen LogP contribution is 2.08. The van der Waals surface area contributed by atoms with E-state index in [0.717, 1.165) is 6.42 Å². The van der Waals surface area contributed by atoms with Crippen LogP contribution in [-0.4, -0.2) is 21.8 Å². The van der Waals surface area contributed by atoms with Crippen molar-refractivity contribution in [1.82, 2.24) is 0 Å². The van der Waals surface area contributed by atoms with Crippen LogP contribution in [0.3, 0.4) is 0 Å². The zero-order chi connectivity index (χ0) is 6.20. The lowest BCUT2D eigenvalue weighted by atomic mass is 10.3. The van der Waals surface area contributed by atoms with Crippen LogP contribution in [-0.2, 0) is 9.73 Å². The molecule has 3 N–H and O–H groups in total. The molecule has 2 atom stereocenters. The highest BCUT2D eigenvalue weighted by atomic mass is 32.2. The van der Waals surface area contributed by atoms with Crippen molar-refractivity contribution < 1.29 is 4.21 Å². The first kappa shape index (κ1) is 6.04. The molecule has 1 heterocycles. The molecule has 0 spiro atoms. The van der Waals surface area contributed by atoms with Gasteiger partial charge in [-0.05, 0) is 6.42 Å². The first-order valence-electron chi connectivity index (χ1n) is 2.60. The van der Waals surface area contributed by atoms with E-state index in [9.17, 15) is 4.21 Å². The van der Waals surface area contributed by atoms with Crippen LogP contribution in [0.25, 0.3) is 0 Å². The van der Waals surface area contributed by atoms with Crippen LogP contribution in [0.2, 0.25) is 0 Å². The number of nitrogens with one attached hydrogen (secondary N) is 1. The normalized spacial score (nSPS) is 47.4. The second-order valence-corrected chi connectivity index (χ2v) is 4.60. The molecule has 4 heteroatoms. The molecular formula is C4H10N2OS. The monoisotopic (exact) mass is 134 g/mol. The molecule has 0 aromatic rings. The molecule has 0 aromatic carbocycles. The molecule has 1 rings (SSSR count). The minimum atomic E-state index is -2.22. The molecule has 1 aliphatic heterocycles. The summed E-state index contributed by atoms with van der Waals surface area (Å²) in [6.45, 7) is 0. The van der Waals surface area contributed by atoms with Crippen molar-refractivity contribution in [2.75, 3.05) is 11.5 Å². The van der Waals surface area contributed by atoms with E-state index < -0.39 is 9.73 Å². The molecular weight excluding hydrogens is 124 g/mol. The van der Waals surface area contributed by atoms with Gasteiger partial charge in [0.2, 0.25) is 0 Å². The predicted molar refractivity (Wildman–Crippen MR) is 33.2 cm³/mol. The fourth-order valence-electron chi connectivity index (χ4n) is 0.854. The molecule has 3 nitrogen and oxygen atoms in total. The summed E-state index contributed by atoms with van der Waals surface area (Å²) in [5.41, 5.74) is 5.41. The van der Waals surface area contributed by atoms with Crippen LogP contribution in [0.1, 0.15) is 6.42 Å². The van der Waals surface area contributed by atoms with Crippen molar-refractivity contribution in [3.8, 4) is 0 Å². The summed E-state index contributed by atoms with van der Waals surface area (Å²) in [6, 6.07) is 0.0278. The fraction of sp³-hybridized carbons (Fsp3) is 1.00. The third-order valence-corrected chi connectivity index (χ3v) is 3.16. The molecule has 48 valence electrons. The van der Waals surface area contributed by atoms with Crippen LogP contribution in [0.5, 0.6) is 0 Å². The van der Waals surface area contributed by atoms with Crippen LogP contribution >= 0.6 is 0 Å². The second-order valence-electron chi connectivity index (χ2n) is 2.23. The van der Waals surface area contributed by atoms with Gasteiger partial charge in [-0.15, -0.1) is 0 Å². The summed E-state index contributed by atoms with van der Waals surface area (Å²) < 4.78 is 17.8. The molecule has 0 amide bonds. The van der Waals surface area contributed by atoms with Gasteiger partial charge in [0.05, 0.1) is 0 Å². The molecule has 0 saturated carbocycles. The maximum absolute atomic E-state index is 10.8. The van der Waals surface area contributed by atoms with E-state index in [-0.39, 0.29) is 6.04 Å². The van der Waals surface area contributed by atoms with Crippen molar-refractivity contribution in [3.05, 3.63) is 0 Å². The molecule has 0 radical (unpaired) electrons. The van der Waals surface area contributed by atoms with Crippen molar-refractivity contribution >= 4 is 9.73 Å². The van der Waals surface area contributed by atoms with Gasteiger partial charge in [-0.1, -0.05) is 0 Å². The Hall–Kier alpha value is -0.0900. The van der Waals surface area contributed by atoms with E-state index in [1.165, 1.54) is 0 Å². The summed E-state index contributed by atoms with van der Waals surface area (Å²) in [4.78, 5) is 0. The lowest BCUT2D eigenvalue weighted by Crippen LogP contribution is -2.19.